The van der Waals surface area contributed by atoms with Gasteiger partial charge in [-0.25, -0.2) is 0 Å². The van der Waals surface area contributed by atoms with Crippen molar-refractivity contribution in [1.29, 1.82) is 5.26 Å². The summed E-state index contributed by atoms with van der Waals surface area (Å²) in [4.78, 5) is 11.5. The zero-order valence-electron chi connectivity index (χ0n) is 11.0. The Balaban J connectivity index is 2.83. The molecule has 19 heavy (non-hydrogen) atoms. The summed E-state index contributed by atoms with van der Waals surface area (Å²) in [6.07, 6.45) is 0.232. The smallest absolute Gasteiger partial charge is 0.323 e. The Morgan fingerprint density at radius 2 is 2.16 bits per heavy atom. The van der Waals surface area contributed by atoms with Gasteiger partial charge in [0.25, 0.3) is 0 Å². The summed E-state index contributed by atoms with van der Waals surface area (Å²) >= 11 is 0. The van der Waals surface area contributed by atoms with E-state index in [2.05, 4.69) is 0 Å². The lowest BCUT2D eigenvalue weighted by molar-refractivity contribution is -0.145. The Morgan fingerprint density at radius 3 is 2.74 bits per heavy atom. The molecular formula is C14H17NO4. The van der Waals surface area contributed by atoms with E-state index in [4.69, 9.17) is 14.7 Å². The highest BCUT2D eigenvalue weighted by molar-refractivity contribution is 5.75. The zero-order chi connectivity index (χ0) is 14.3. The number of carbonyl (C=O) groups is 1. The molecule has 1 aromatic carbocycles. The number of aromatic hydroxyl groups is 1. The molecule has 0 saturated carbocycles. The lowest BCUT2D eigenvalue weighted by atomic mass is 10.0. The van der Waals surface area contributed by atoms with E-state index in [1.807, 2.05) is 13.0 Å². The summed E-state index contributed by atoms with van der Waals surface area (Å²) in [7, 11) is 0. The van der Waals surface area contributed by atoms with Crippen molar-refractivity contribution in [2.24, 2.45) is 5.92 Å². The third-order valence-electron chi connectivity index (χ3n) is 2.49. The third-order valence-corrected chi connectivity index (χ3v) is 2.49. The van der Waals surface area contributed by atoms with Gasteiger partial charge in [-0.3, -0.25) is 4.79 Å². The fourth-order valence-electron chi connectivity index (χ4n) is 1.62. The number of ether oxygens (including phenoxy) is 2. The number of nitriles is 1. The van der Waals surface area contributed by atoms with Crippen molar-refractivity contribution in [3.63, 3.8) is 0 Å². The van der Waals surface area contributed by atoms with Crippen LogP contribution in [0.4, 0.5) is 0 Å². The van der Waals surface area contributed by atoms with Crippen LogP contribution in [0.25, 0.3) is 0 Å². The molecule has 0 spiro atoms. The Hall–Kier alpha value is -2.22. The number of phenolic OH excluding ortho intramolecular Hbond substituents is 1. The fourth-order valence-corrected chi connectivity index (χ4v) is 1.62. The van der Waals surface area contributed by atoms with Crippen LogP contribution >= 0.6 is 0 Å². The maximum absolute atomic E-state index is 11.5. The molecule has 5 heteroatoms. The standard InChI is InChI=1S/C14H17NO4/c1-3-18-13-8-10(5-6-12(13)16)7-11(9-15)14(17)19-4-2/h5-6,8,11,16H,3-4,7H2,1-2H3. The lowest BCUT2D eigenvalue weighted by Crippen LogP contribution is -2.18. The second-order valence-electron chi connectivity index (χ2n) is 3.87. The first-order valence-electron chi connectivity index (χ1n) is 6.13. The molecule has 0 saturated heterocycles. The van der Waals surface area contributed by atoms with Gasteiger partial charge in [0.15, 0.2) is 11.5 Å². The van der Waals surface area contributed by atoms with Crippen LogP contribution in [-0.4, -0.2) is 24.3 Å². The number of rotatable bonds is 6. The monoisotopic (exact) mass is 263 g/mol. The third kappa shape index (κ3) is 4.18. The molecule has 1 unspecified atom stereocenters. The molecule has 0 aromatic heterocycles. The normalized spacial score (nSPS) is 11.4. The molecule has 0 aliphatic rings. The van der Waals surface area contributed by atoms with E-state index in [0.29, 0.717) is 12.4 Å². The van der Waals surface area contributed by atoms with Crippen molar-refractivity contribution in [2.75, 3.05) is 13.2 Å². The number of benzene rings is 1. The van der Waals surface area contributed by atoms with Crippen molar-refractivity contribution in [3.05, 3.63) is 23.8 Å². The van der Waals surface area contributed by atoms with Crippen molar-refractivity contribution >= 4 is 5.97 Å². The highest BCUT2D eigenvalue weighted by atomic mass is 16.5. The number of hydrogen-bond donors (Lipinski definition) is 1. The molecule has 102 valence electrons. The first-order valence-corrected chi connectivity index (χ1v) is 6.13. The maximum atomic E-state index is 11.5. The van der Waals surface area contributed by atoms with E-state index in [1.165, 1.54) is 6.07 Å². The maximum Gasteiger partial charge on any atom is 0.323 e. The topological polar surface area (TPSA) is 79.6 Å². The Bertz CT molecular complexity index is 479. The molecule has 0 heterocycles. The van der Waals surface area contributed by atoms with Crippen LogP contribution in [0.5, 0.6) is 11.5 Å². The Morgan fingerprint density at radius 1 is 1.42 bits per heavy atom. The summed E-state index contributed by atoms with van der Waals surface area (Å²) in [6, 6.07) is 6.69. The number of hydrogen-bond acceptors (Lipinski definition) is 5. The molecular weight excluding hydrogens is 246 g/mol. The van der Waals surface area contributed by atoms with Gasteiger partial charge in [-0.05, 0) is 38.0 Å². The summed E-state index contributed by atoms with van der Waals surface area (Å²) in [5, 5.41) is 18.5. The van der Waals surface area contributed by atoms with Crippen LogP contribution in [-0.2, 0) is 16.0 Å². The van der Waals surface area contributed by atoms with Gasteiger partial charge in [-0.15, -0.1) is 0 Å². The van der Waals surface area contributed by atoms with Crippen LogP contribution in [0.2, 0.25) is 0 Å². The van der Waals surface area contributed by atoms with Gasteiger partial charge in [0, 0.05) is 0 Å². The van der Waals surface area contributed by atoms with Crippen molar-refractivity contribution in [3.8, 4) is 17.6 Å². The fraction of sp³-hybridized carbons (Fsp3) is 0.429. The summed E-state index contributed by atoms with van der Waals surface area (Å²) in [5.74, 6) is -0.995. The summed E-state index contributed by atoms with van der Waals surface area (Å²) < 4.78 is 10.1. The second-order valence-corrected chi connectivity index (χ2v) is 3.87. The van der Waals surface area contributed by atoms with Gasteiger partial charge in [-0.1, -0.05) is 6.07 Å². The van der Waals surface area contributed by atoms with Crippen LogP contribution in [0, 0.1) is 17.2 Å². The first kappa shape index (κ1) is 14.8. The minimum atomic E-state index is -0.848. The Kier molecular flexibility index (Phi) is 5.68. The van der Waals surface area contributed by atoms with Gasteiger partial charge in [0.05, 0.1) is 19.3 Å². The highest BCUT2D eigenvalue weighted by Crippen LogP contribution is 2.27. The quantitative estimate of drug-likeness (QED) is 0.794. The van der Waals surface area contributed by atoms with Crippen molar-refractivity contribution in [2.45, 2.75) is 20.3 Å². The molecule has 0 bridgehead atoms. The van der Waals surface area contributed by atoms with E-state index >= 15 is 0 Å². The SMILES string of the molecule is CCOC(=O)C(C#N)Cc1ccc(O)c(OCC)c1. The van der Waals surface area contributed by atoms with Gasteiger partial charge in [0.1, 0.15) is 5.92 Å². The molecule has 1 atom stereocenters. The largest absolute Gasteiger partial charge is 0.504 e. The van der Waals surface area contributed by atoms with Crippen LogP contribution in [0.15, 0.2) is 18.2 Å². The average Bonchev–Trinajstić information content (AvgIpc) is 2.40. The molecule has 0 fully saturated rings. The van der Waals surface area contributed by atoms with Gasteiger partial charge >= 0.3 is 5.97 Å². The highest BCUT2D eigenvalue weighted by Gasteiger charge is 2.20. The summed E-state index contributed by atoms with van der Waals surface area (Å²) in [6.45, 7) is 4.18. The number of phenols is 1. The van der Waals surface area contributed by atoms with E-state index in [0.717, 1.165) is 5.56 Å². The number of nitrogens with zero attached hydrogens (tertiary/aromatic N) is 1. The van der Waals surface area contributed by atoms with Crippen molar-refractivity contribution in [1.82, 2.24) is 0 Å². The molecule has 1 rings (SSSR count). The van der Waals surface area contributed by atoms with Crippen LogP contribution in [0.1, 0.15) is 19.4 Å². The molecule has 0 aliphatic carbocycles. The van der Waals surface area contributed by atoms with E-state index in [9.17, 15) is 9.90 Å². The van der Waals surface area contributed by atoms with E-state index < -0.39 is 11.9 Å². The number of esters is 1. The molecule has 1 aromatic rings. The van der Waals surface area contributed by atoms with E-state index in [-0.39, 0.29) is 18.8 Å². The Labute approximate surface area is 112 Å². The van der Waals surface area contributed by atoms with E-state index in [1.54, 1.807) is 19.1 Å². The summed E-state index contributed by atoms with van der Waals surface area (Å²) in [5.41, 5.74) is 0.737. The van der Waals surface area contributed by atoms with Crippen molar-refractivity contribution < 1.29 is 19.4 Å². The molecule has 0 aliphatic heterocycles. The minimum Gasteiger partial charge on any atom is -0.504 e. The number of carbonyl (C=O) groups excluding carboxylic acids is 1. The van der Waals surface area contributed by atoms with Gasteiger partial charge in [0.2, 0.25) is 0 Å². The van der Waals surface area contributed by atoms with Crippen LogP contribution < -0.4 is 4.74 Å². The average molecular weight is 263 g/mol. The second kappa shape index (κ2) is 7.27. The molecule has 1 N–H and O–H groups in total. The zero-order valence-corrected chi connectivity index (χ0v) is 11.0. The first-order chi connectivity index (χ1) is 9.12. The van der Waals surface area contributed by atoms with Gasteiger partial charge < -0.3 is 14.6 Å². The predicted octanol–water partition coefficient (Wildman–Crippen LogP) is 2.04. The molecule has 5 nitrogen and oxygen atoms in total. The van der Waals surface area contributed by atoms with Gasteiger partial charge in [-0.2, -0.15) is 5.26 Å². The molecule has 0 amide bonds. The minimum absolute atomic E-state index is 0.0373. The molecule has 0 radical (unpaired) electrons. The van der Waals surface area contributed by atoms with Crippen LogP contribution in [0.3, 0.4) is 0 Å². The predicted molar refractivity (Wildman–Crippen MR) is 68.7 cm³/mol. The lowest BCUT2D eigenvalue weighted by Gasteiger charge is -2.11.